The summed E-state index contributed by atoms with van der Waals surface area (Å²) in [5.41, 5.74) is 0.540. The Morgan fingerprint density at radius 3 is 2.38 bits per heavy atom. The van der Waals surface area contributed by atoms with Gasteiger partial charge in [0.2, 0.25) is 0 Å². The summed E-state index contributed by atoms with van der Waals surface area (Å²) in [6.45, 7) is 0.235. The maximum absolute atomic E-state index is 11.3. The van der Waals surface area contributed by atoms with Crippen LogP contribution in [0.2, 0.25) is 0 Å². The van der Waals surface area contributed by atoms with Gasteiger partial charge < -0.3 is 20.6 Å². The van der Waals surface area contributed by atoms with Crippen molar-refractivity contribution in [2.24, 2.45) is 5.92 Å². The molecule has 7 nitrogen and oxygen atoms in total. The minimum atomic E-state index is -1.13. The second kappa shape index (κ2) is 5.92. The van der Waals surface area contributed by atoms with Gasteiger partial charge in [0.1, 0.15) is 6.04 Å². The minimum absolute atomic E-state index is 0.0747. The number of aromatic carboxylic acids is 1. The van der Waals surface area contributed by atoms with E-state index in [1.54, 1.807) is 18.2 Å². The molecule has 1 aromatic carbocycles. The molecule has 2 rings (SSSR count). The van der Waals surface area contributed by atoms with Gasteiger partial charge in [-0.2, -0.15) is 0 Å². The number of aliphatic carboxylic acids is 2. The Kier molecular flexibility index (Phi) is 4.23. The summed E-state index contributed by atoms with van der Waals surface area (Å²) in [5.74, 6) is -4.50. The minimum Gasteiger partial charge on any atom is -0.481 e. The second-order valence-electron chi connectivity index (χ2n) is 4.98. The van der Waals surface area contributed by atoms with Crippen LogP contribution in [0, 0.1) is 5.92 Å². The van der Waals surface area contributed by atoms with Crippen molar-refractivity contribution in [2.75, 3.05) is 6.54 Å². The summed E-state index contributed by atoms with van der Waals surface area (Å²) in [4.78, 5) is 33.5. The molecule has 0 radical (unpaired) electrons. The van der Waals surface area contributed by atoms with Gasteiger partial charge in [0.25, 0.3) is 0 Å². The lowest BCUT2D eigenvalue weighted by atomic mass is 9.81. The van der Waals surface area contributed by atoms with Gasteiger partial charge in [0, 0.05) is 18.4 Å². The van der Waals surface area contributed by atoms with Crippen LogP contribution in [0.15, 0.2) is 24.3 Å². The van der Waals surface area contributed by atoms with Crippen molar-refractivity contribution >= 4 is 17.9 Å². The maximum atomic E-state index is 11.3. The standard InChI is InChI=1S/C14H15NO6/c16-11(17)5-9-10(6-15-12(9)14(20)21)7-3-1-2-4-8(7)13(18)19/h1-4,9-10,12,15H,5-6H2,(H,16,17)(H,18,19)(H,20,21)/t9-,10+,12-/m0/s1. The summed E-state index contributed by atoms with van der Waals surface area (Å²) in [6, 6.07) is 5.29. The highest BCUT2D eigenvalue weighted by Gasteiger charge is 2.42. The number of hydrogen-bond acceptors (Lipinski definition) is 4. The molecule has 1 aliphatic rings. The first-order chi connectivity index (χ1) is 9.91. The van der Waals surface area contributed by atoms with E-state index in [1.807, 2.05) is 0 Å². The molecule has 1 heterocycles. The largest absolute Gasteiger partial charge is 0.481 e. The number of nitrogens with one attached hydrogen (secondary N) is 1. The molecular formula is C14H15NO6. The highest BCUT2D eigenvalue weighted by molar-refractivity contribution is 5.90. The van der Waals surface area contributed by atoms with Crippen LogP contribution in [0.5, 0.6) is 0 Å². The van der Waals surface area contributed by atoms with E-state index in [-0.39, 0.29) is 18.5 Å². The summed E-state index contributed by atoms with van der Waals surface area (Å²) in [6.07, 6.45) is -0.331. The molecule has 4 N–H and O–H groups in total. The average molecular weight is 293 g/mol. The third-order valence-corrected chi connectivity index (χ3v) is 3.77. The first-order valence-corrected chi connectivity index (χ1v) is 6.42. The summed E-state index contributed by atoms with van der Waals surface area (Å²) in [7, 11) is 0. The molecule has 0 aromatic heterocycles. The highest BCUT2D eigenvalue weighted by atomic mass is 16.4. The zero-order valence-electron chi connectivity index (χ0n) is 11.0. The van der Waals surface area contributed by atoms with Crippen molar-refractivity contribution < 1.29 is 29.7 Å². The first kappa shape index (κ1) is 15.0. The van der Waals surface area contributed by atoms with Crippen LogP contribution in [0.3, 0.4) is 0 Å². The second-order valence-corrected chi connectivity index (χ2v) is 4.98. The van der Waals surface area contributed by atoms with Crippen LogP contribution in [0.1, 0.15) is 28.3 Å². The molecule has 1 fully saturated rings. The van der Waals surface area contributed by atoms with E-state index in [4.69, 9.17) is 10.2 Å². The number of carbonyl (C=O) groups is 3. The van der Waals surface area contributed by atoms with E-state index in [0.717, 1.165) is 0 Å². The van der Waals surface area contributed by atoms with Crippen LogP contribution in [0.25, 0.3) is 0 Å². The Morgan fingerprint density at radius 2 is 1.81 bits per heavy atom. The number of rotatable bonds is 5. The zero-order valence-corrected chi connectivity index (χ0v) is 11.0. The summed E-state index contributed by atoms with van der Waals surface area (Å²) >= 11 is 0. The molecule has 112 valence electrons. The van der Waals surface area contributed by atoms with E-state index in [0.29, 0.717) is 5.56 Å². The van der Waals surface area contributed by atoms with Gasteiger partial charge in [-0.1, -0.05) is 18.2 Å². The molecule has 1 saturated heterocycles. The van der Waals surface area contributed by atoms with Crippen LogP contribution >= 0.6 is 0 Å². The van der Waals surface area contributed by atoms with Gasteiger partial charge in [-0.3, -0.25) is 9.59 Å². The molecule has 3 atom stereocenters. The zero-order chi connectivity index (χ0) is 15.6. The van der Waals surface area contributed by atoms with Crippen molar-refractivity contribution in [3.8, 4) is 0 Å². The lowest BCUT2D eigenvalue weighted by Gasteiger charge is -2.21. The molecule has 21 heavy (non-hydrogen) atoms. The van der Waals surface area contributed by atoms with Crippen molar-refractivity contribution in [1.82, 2.24) is 5.32 Å². The number of carboxylic acid groups (broad SMARTS) is 3. The monoisotopic (exact) mass is 293 g/mol. The SMILES string of the molecule is O=C(O)C[C@@H]1[C@@H](C(=O)O)NC[C@@H]1c1ccccc1C(=O)O. The molecule has 0 bridgehead atoms. The van der Waals surface area contributed by atoms with Crippen molar-refractivity contribution in [1.29, 1.82) is 0 Å². The van der Waals surface area contributed by atoms with E-state index in [9.17, 15) is 19.5 Å². The Morgan fingerprint density at radius 1 is 1.14 bits per heavy atom. The van der Waals surface area contributed by atoms with Crippen LogP contribution < -0.4 is 5.32 Å². The Bertz CT molecular complexity index is 585. The molecule has 1 aliphatic heterocycles. The van der Waals surface area contributed by atoms with Gasteiger partial charge in [-0.15, -0.1) is 0 Å². The fraction of sp³-hybridized carbons (Fsp3) is 0.357. The average Bonchev–Trinajstić information content (AvgIpc) is 2.81. The third-order valence-electron chi connectivity index (χ3n) is 3.77. The van der Waals surface area contributed by atoms with Gasteiger partial charge in [0.15, 0.2) is 0 Å². The van der Waals surface area contributed by atoms with Crippen LogP contribution in [-0.4, -0.2) is 45.8 Å². The van der Waals surface area contributed by atoms with Crippen molar-refractivity contribution in [3.63, 3.8) is 0 Å². The molecule has 0 spiro atoms. The van der Waals surface area contributed by atoms with Crippen LogP contribution in [0.4, 0.5) is 0 Å². The maximum Gasteiger partial charge on any atom is 0.335 e. The topological polar surface area (TPSA) is 124 Å². The predicted octanol–water partition coefficient (Wildman–Crippen LogP) is 0.616. The van der Waals surface area contributed by atoms with Crippen LogP contribution in [-0.2, 0) is 9.59 Å². The highest BCUT2D eigenvalue weighted by Crippen LogP contribution is 2.36. The number of benzene rings is 1. The Balaban J connectivity index is 2.40. The molecule has 1 aromatic rings. The van der Waals surface area contributed by atoms with Gasteiger partial charge >= 0.3 is 17.9 Å². The predicted molar refractivity (Wildman–Crippen MR) is 71.3 cm³/mol. The molecule has 0 unspecified atom stereocenters. The first-order valence-electron chi connectivity index (χ1n) is 6.42. The molecule has 0 saturated carbocycles. The molecule has 0 amide bonds. The number of carboxylic acids is 3. The fourth-order valence-corrected chi connectivity index (χ4v) is 2.88. The van der Waals surface area contributed by atoms with E-state index < -0.39 is 35.8 Å². The normalized spacial score (nSPS) is 24.7. The van der Waals surface area contributed by atoms with E-state index >= 15 is 0 Å². The Labute approximate surface area is 120 Å². The number of hydrogen-bond donors (Lipinski definition) is 4. The van der Waals surface area contributed by atoms with Gasteiger partial charge in [0.05, 0.1) is 12.0 Å². The summed E-state index contributed by atoms with van der Waals surface area (Å²) in [5, 5.41) is 30.1. The summed E-state index contributed by atoms with van der Waals surface area (Å²) < 4.78 is 0. The molecule has 0 aliphatic carbocycles. The third kappa shape index (κ3) is 3.03. The smallest absolute Gasteiger partial charge is 0.335 e. The Hall–Kier alpha value is -2.41. The van der Waals surface area contributed by atoms with Gasteiger partial charge in [-0.25, -0.2) is 4.79 Å². The lowest BCUT2D eigenvalue weighted by Crippen LogP contribution is -2.36. The van der Waals surface area contributed by atoms with Crippen molar-refractivity contribution in [2.45, 2.75) is 18.4 Å². The lowest BCUT2D eigenvalue weighted by molar-refractivity contribution is -0.142. The quantitative estimate of drug-likeness (QED) is 0.627. The van der Waals surface area contributed by atoms with E-state index in [2.05, 4.69) is 5.32 Å². The van der Waals surface area contributed by atoms with Gasteiger partial charge in [-0.05, 0) is 11.6 Å². The fourth-order valence-electron chi connectivity index (χ4n) is 2.88. The molecular weight excluding hydrogens is 278 g/mol. The van der Waals surface area contributed by atoms with Crippen molar-refractivity contribution in [3.05, 3.63) is 35.4 Å². The molecule has 7 heteroatoms. The van der Waals surface area contributed by atoms with E-state index in [1.165, 1.54) is 6.07 Å².